The van der Waals surface area contributed by atoms with Crippen molar-refractivity contribution in [2.24, 2.45) is 0 Å². The minimum absolute atomic E-state index is 0.283. The van der Waals surface area contributed by atoms with Crippen LogP contribution in [0.3, 0.4) is 0 Å². The van der Waals surface area contributed by atoms with Crippen molar-refractivity contribution in [3.63, 3.8) is 0 Å². The number of esters is 7. The summed E-state index contributed by atoms with van der Waals surface area (Å²) in [5.41, 5.74) is 0.997. The van der Waals surface area contributed by atoms with Crippen LogP contribution in [0.2, 0.25) is 0 Å². The van der Waals surface area contributed by atoms with Crippen molar-refractivity contribution < 1.29 is 85.7 Å². The van der Waals surface area contributed by atoms with E-state index in [9.17, 15) is 33.6 Å². The Kier molecular flexibility index (Phi) is 15.3. The van der Waals surface area contributed by atoms with Crippen LogP contribution >= 0.6 is 0 Å². The summed E-state index contributed by atoms with van der Waals surface area (Å²) < 4.78 is 62.6. The molecule has 10 unspecified atom stereocenters. The molecule has 288 valence electrons. The van der Waals surface area contributed by atoms with Gasteiger partial charge in [-0.25, -0.2) is 0 Å². The van der Waals surface area contributed by atoms with Gasteiger partial charge in [0.25, 0.3) is 0 Å². The fraction of sp³-hybridized carbons (Fsp3) is 0.618. The summed E-state index contributed by atoms with van der Waals surface area (Å²) in [5, 5.41) is 0. The van der Waals surface area contributed by atoms with Gasteiger partial charge in [0, 0.05) is 48.5 Å². The topological polar surface area (TPSA) is 221 Å². The van der Waals surface area contributed by atoms with Crippen molar-refractivity contribution in [2.45, 2.75) is 123 Å². The molecule has 1 aromatic rings. The Labute approximate surface area is 299 Å². The van der Waals surface area contributed by atoms with Gasteiger partial charge in [0.15, 0.2) is 30.7 Å². The average molecular weight is 741 g/mol. The van der Waals surface area contributed by atoms with E-state index in [4.69, 9.17) is 52.1 Å². The first-order chi connectivity index (χ1) is 24.5. The molecule has 18 heteroatoms. The summed E-state index contributed by atoms with van der Waals surface area (Å²) in [7, 11) is 0. The molecule has 3 rings (SSSR count). The second kappa shape index (κ2) is 19.1. The molecule has 0 aliphatic carbocycles. The van der Waals surface area contributed by atoms with Crippen molar-refractivity contribution >= 4 is 41.8 Å². The van der Waals surface area contributed by atoms with Crippen molar-refractivity contribution in [3.8, 4) is 5.75 Å². The maximum atomic E-state index is 12.6. The van der Waals surface area contributed by atoms with E-state index >= 15 is 0 Å². The van der Waals surface area contributed by atoms with Crippen LogP contribution in [0.1, 0.15) is 61.0 Å². The van der Waals surface area contributed by atoms with Crippen LogP contribution in [0.5, 0.6) is 5.75 Å². The summed E-state index contributed by atoms with van der Waals surface area (Å²) in [6.45, 7) is 8.42. The highest BCUT2D eigenvalue weighted by molar-refractivity contribution is 5.69. The first kappa shape index (κ1) is 41.6. The smallest absolute Gasteiger partial charge is 0.303 e. The molecule has 2 fully saturated rings. The van der Waals surface area contributed by atoms with Gasteiger partial charge in [-0.2, -0.15) is 0 Å². The number of ether oxygens (including phenoxy) is 11. The standard InChI is InChI=1S/C34H44O18/c1-9-23-10-12-24(13-11-23)49-33-31(47-21(7)40)30(46-20(6)39)28(26(50-33)15-43-17(3)36)52-34-32(48-22(8)41)29(45-19(5)38)27(44-18(4)37)25(51-34)14-42-16(2)35/h10-13,25-34H,9,14-15H2,1-8H3. The van der Waals surface area contributed by atoms with E-state index in [2.05, 4.69) is 0 Å². The summed E-state index contributed by atoms with van der Waals surface area (Å²) in [6, 6.07) is 6.90. The Bertz CT molecular complexity index is 1440. The van der Waals surface area contributed by atoms with E-state index in [1.165, 1.54) is 0 Å². The minimum Gasteiger partial charge on any atom is -0.463 e. The summed E-state index contributed by atoms with van der Waals surface area (Å²) in [5.74, 6) is -5.53. The number of hydrogen-bond donors (Lipinski definition) is 0. The maximum absolute atomic E-state index is 12.6. The van der Waals surface area contributed by atoms with E-state index < -0.39 is 116 Å². The van der Waals surface area contributed by atoms with Crippen LogP contribution in [0, 0.1) is 0 Å². The molecule has 1 aromatic carbocycles. The minimum atomic E-state index is -1.79. The third-order valence-electron chi connectivity index (χ3n) is 7.47. The monoisotopic (exact) mass is 740 g/mol. The van der Waals surface area contributed by atoms with Gasteiger partial charge >= 0.3 is 41.8 Å². The highest BCUT2D eigenvalue weighted by Gasteiger charge is 2.58. The molecule has 2 heterocycles. The number of carbonyl (C=O) groups is 7. The predicted octanol–water partition coefficient (Wildman–Crippen LogP) is 1.25. The Morgan fingerprint density at radius 1 is 0.500 bits per heavy atom. The normalized spacial score (nSPS) is 28.3. The molecule has 10 atom stereocenters. The summed E-state index contributed by atoms with van der Waals surface area (Å²) in [4.78, 5) is 85.7. The third kappa shape index (κ3) is 12.2. The molecule has 52 heavy (non-hydrogen) atoms. The predicted molar refractivity (Wildman–Crippen MR) is 170 cm³/mol. The quantitative estimate of drug-likeness (QED) is 0.193. The van der Waals surface area contributed by atoms with E-state index in [0.717, 1.165) is 60.5 Å². The zero-order valence-electron chi connectivity index (χ0n) is 30.1. The Morgan fingerprint density at radius 2 is 0.885 bits per heavy atom. The van der Waals surface area contributed by atoms with E-state index in [-0.39, 0.29) is 5.75 Å². The van der Waals surface area contributed by atoms with E-state index in [0.29, 0.717) is 0 Å². The number of aryl methyl sites for hydroxylation is 1. The van der Waals surface area contributed by atoms with Crippen LogP contribution in [-0.4, -0.2) is 116 Å². The Hall–Kier alpha value is -4.81. The molecule has 0 saturated carbocycles. The highest BCUT2D eigenvalue weighted by atomic mass is 16.8. The van der Waals surface area contributed by atoms with E-state index in [1.807, 2.05) is 6.92 Å². The molecule has 18 nitrogen and oxygen atoms in total. The average Bonchev–Trinajstić information content (AvgIpc) is 3.03. The molecule has 0 bridgehead atoms. The molecule has 2 aliphatic heterocycles. The zero-order chi connectivity index (χ0) is 38.7. The van der Waals surface area contributed by atoms with Crippen molar-refractivity contribution in [2.75, 3.05) is 13.2 Å². The van der Waals surface area contributed by atoms with Gasteiger partial charge in [0.1, 0.15) is 37.3 Å². The molecular formula is C34H44O18. The molecule has 2 aliphatic rings. The van der Waals surface area contributed by atoms with Gasteiger partial charge in [-0.3, -0.25) is 33.6 Å². The lowest BCUT2D eigenvalue weighted by Crippen LogP contribution is -2.67. The first-order valence-corrected chi connectivity index (χ1v) is 16.3. The number of benzene rings is 1. The molecule has 0 aromatic heterocycles. The van der Waals surface area contributed by atoms with Gasteiger partial charge < -0.3 is 52.1 Å². The summed E-state index contributed by atoms with van der Waals surface area (Å²) >= 11 is 0. The maximum Gasteiger partial charge on any atom is 0.303 e. The largest absolute Gasteiger partial charge is 0.463 e. The van der Waals surface area contributed by atoms with Crippen molar-refractivity contribution in [1.29, 1.82) is 0 Å². The fourth-order valence-corrected chi connectivity index (χ4v) is 5.51. The second-order valence-electron chi connectivity index (χ2n) is 11.8. The first-order valence-electron chi connectivity index (χ1n) is 16.3. The number of carbonyl (C=O) groups excluding carboxylic acids is 7. The van der Waals surface area contributed by atoms with Crippen LogP contribution in [0.4, 0.5) is 0 Å². The molecule has 0 spiro atoms. The molecular weight excluding hydrogens is 696 g/mol. The van der Waals surface area contributed by atoms with Gasteiger partial charge in [0.05, 0.1) is 0 Å². The molecule has 0 amide bonds. The Morgan fingerprint density at radius 3 is 1.33 bits per heavy atom. The number of rotatable bonds is 14. The summed E-state index contributed by atoms with van der Waals surface area (Å²) in [6.07, 6.45) is -14.8. The fourth-order valence-electron chi connectivity index (χ4n) is 5.51. The molecule has 0 N–H and O–H groups in total. The molecule has 0 radical (unpaired) electrons. The van der Waals surface area contributed by atoms with E-state index in [1.54, 1.807) is 24.3 Å². The lowest BCUT2D eigenvalue weighted by atomic mass is 9.96. The van der Waals surface area contributed by atoms with Crippen molar-refractivity contribution in [1.82, 2.24) is 0 Å². The zero-order valence-corrected chi connectivity index (χ0v) is 30.1. The lowest BCUT2D eigenvalue weighted by molar-refractivity contribution is -0.354. The SMILES string of the molecule is CCc1ccc(OC2OC(COC(C)=O)C(OC3OC(COC(C)=O)C(OC(C)=O)C(OC(C)=O)C3OC(C)=O)C(OC(C)=O)C2OC(C)=O)cc1. The Balaban J connectivity index is 2.16. The van der Waals surface area contributed by atoms with Gasteiger partial charge in [0.2, 0.25) is 12.4 Å². The van der Waals surface area contributed by atoms with Crippen molar-refractivity contribution in [3.05, 3.63) is 29.8 Å². The van der Waals surface area contributed by atoms with Gasteiger partial charge in [-0.1, -0.05) is 19.1 Å². The molecule has 2 saturated heterocycles. The van der Waals surface area contributed by atoms with Crippen LogP contribution in [-0.2, 0) is 87.4 Å². The number of hydrogen-bond acceptors (Lipinski definition) is 18. The van der Waals surface area contributed by atoms with Crippen LogP contribution in [0.25, 0.3) is 0 Å². The van der Waals surface area contributed by atoms with Gasteiger partial charge in [-0.15, -0.1) is 0 Å². The van der Waals surface area contributed by atoms with Gasteiger partial charge in [-0.05, 0) is 24.1 Å². The third-order valence-corrected chi connectivity index (χ3v) is 7.47. The lowest BCUT2D eigenvalue weighted by Gasteiger charge is -2.48. The highest BCUT2D eigenvalue weighted by Crippen LogP contribution is 2.36. The second-order valence-corrected chi connectivity index (χ2v) is 11.8. The van der Waals surface area contributed by atoms with Crippen LogP contribution in [0.15, 0.2) is 24.3 Å². The van der Waals surface area contributed by atoms with Crippen LogP contribution < -0.4 is 4.74 Å².